The van der Waals surface area contributed by atoms with Crippen molar-refractivity contribution in [1.82, 2.24) is 15.6 Å². The molecule has 1 aromatic heterocycles. The second-order valence-corrected chi connectivity index (χ2v) is 6.72. The summed E-state index contributed by atoms with van der Waals surface area (Å²) in [6.07, 6.45) is 1.66. The number of oxazole rings is 1. The Morgan fingerprint density at radius 3 is 2.69 bits per heavy atom. The second-order valence-electron chi connectivity index (χ2n) is 6.72. The molecule has 0 aliphatic carbocycles. The average molecular weight is 444 g/mol. The summed E-state index contributed by atoms with van der Waals surface area (Å²) >= 11 is 0. The van der Waals surface area contributed by atoms with Gasteiger partial charge in [-0.1, -0.05) is 30.3 Å². The minimum atomic E-state index is -2.96. The summed E-state index contributed by atoms with van der Waals surface area (Å²) in [5.74, 6) is 2.42. The third kappa shape index (κ3) is 5.26. The topological polar surface area (TPSA) is 90.1 Å². The molecule has 0 amide bonds. The largest absolute Gasteiger partial charge is 0.454 e. The molecule has 1 aliphatic heterocycles. The molecule has 2 N–H and O–H groups in total. The van der Waals surface area contributed by atoms with E-state index < -0.39 is 6.61 Å². The summed E-state index contributed by atoms with van der Waals surface area (Å²) < 4.78 is 46.7. The van der Waals surface area contributed by atoms with Crippen LogP contribution >= 0.6 is 0 Å². The van der Waals surface area contributed by atoms with Crippen LogP contribution < -0.4 is 24.8 Å². The molecule has 1 aliphatic rings. The predicted octanol–water partition coefficient (Wildman–Crippen LogP) is 3.93. The number of guanidine groups is 1. The van der Waals surface area contributed by atoms with E-state index in [0.717, 1.165) is 5.56 Å². The van der Waals surface area contributed by atoms with Crippen molar-refractivity contribution < 1.29 is 27.4 Å². The lowest BCUT2D eigenvalue weighted by Crippen LogP contribution is -2.36. The smallest absolute Gasteiger partial charge is 0.387 e. The van der Waals surface area contributed by atoms with Crippen LogP contribution in [0, 0.1) is 0 Å². The molecule has 4 rings (SSSR count). The summed E-state index contributed by atoms with van der Waals surface area (Å²) in [7, 11) is 0. The number of halogens is 2. The number of alkyl halides is 2. The molecule has 0 spiro atoms. The van der Waals surface area contributed by atoms with Crippen LogP contribution in [0.4, 0.5) is 8.78 Å². The van der Waals surface area contributed by atoms with Crippen molar-refractivity contribution in [1.29, 1.82) is 0 Å². The van der Waals surface area contributed by atoms with Crippen molar-refractivity contribution in [3.05, 3.63) is 60.1 Å². The monoisotopic (exact) mass is 444 g/mol. The number of ether oxygens (including phenoxy) is 3. The first-order valence-electron chi connectivity index (χ1n) is 10.0. The van der Waals surface area contributed by atoms with Gasteiger partial charge < -0.3 is 29.3 Å². The number of rotatable bonds is 8. The van der Waals surface area contributed by atoms with Crippen LogP contribution in [0.3, 0.4) is 0 Å². The number of hydrogen-bond acceptors (Lipinski definition) is 6. The van der Waals surface area contributed by atoms with E-state index in [1.807, 2.05) is 37.3 Å². The van der Waals surface area contributed by atoms with Crippen LogP contribution in [-0.4, -0.2) is 30.9 Å². The zero-order chi connectivity index (χ0) is 22.3. The van der Waals surface area contributed by atoms with Gasteiger partial charge in [0.15, 0.2) is 23.2 Å². The molecule has 0 bridgehead atoms. The third-order valence-electron chi connectivity index (χ3n) is 4.54. The number of aromatic nitrogens is 1. The lowest BCUT2D eigenvalue weighted by atomic mass is 10.1. The maximum Gasteiger partial charge on any atom is 0.387 e. The van der Waals surface area contributed by atoms with E-state index in [4.69, 9.17) is 13.9 Å². The van der Waals surface area contributed by atoms with Gasteiger partial charge in [-0.05, 0) is 13.0 Å². The standard InChI is InChI=1S/C22H22F2N4O4/c1-2-25-22(28-12-20-26-11-19(31-20)14-6-4-3-5-7-14)27-10-15-8-17-18(30-13-29-17)9-16(15)32-21(23)24/h3-9,11,21H,2,10,12-13H2,1H3,(H2,25,27,28). The third-order valence-corrected chi connectivity index (χ3v) is 4.54. The van der Waals surface area contributed by atoms with E-state index in [2.05, 4.69) is 25.3 Å². The lowest BCUT2D eigenvalue weighted by Gasteiger charge is -2.13. The summed E-state index contributed by atoms with van der Waals surface area (Å²) in [6.45, 7) is -0.0414. The Morgan fingerprint density at radius 2 is 1.94 bits per heavy atom. The Bertz CT molecular complexity index is 1070. The van der Waals surface area contributed by atoms with Crippen molar-refractivity contribution in [2.24, 2.45) is 4.99 Å². The molecule has 2 heterocycles. The molecule has 3 aromatic rings. The Balaban J connectivity index is 1.45. The van der Waals surface area contributed by atoms with E-state index >= 15 is 0 Å². The Kier molecular flexibility index (Phi) is 6.69. The molecule has 0 atom stereocenters. The summed E-state index contributed by atoms with van der Waals surface area (Å²) in [4.78, 5) is 8.74. The molecule has 0 unspecified atom stereocenters. The lowest BCUT2D eigenvalue weighted by molar-refractivity contribution is -0.0505. The predicted molar refractivity (Wildman–Crippen MR) is 113 cm³/mol. The van der Waals surface area contributed by atoms with E-state index in [1.165, 1.54) is 6.07 Å². The number of nitrogens with one attached hydrogen (secondary N) is 2. The van der Waals surface area contributed by atoms with Crippen molar-refractivity contribution >= 4 is 5.96 Å². The van der Waals surface area contributed by atoms with Gasteiger partial charge in [-0.15, -0.1) is 0 Å². The number of hydrogen-bond donors (Lipinski definition) is 2. The van der Waals surface area contributed by atoms with E-state index in [9.17, 15) is 8.78 Å². The molecule has 32 heavy (non-hydrogen) atoms. The number of aliphatic imine (C=N–C) groups is 1. The zero-order valence-electron chi connectivity index (χ0n) is 17.3. The molecule has 0 fully saturated rings. The van der Waals surface area contributed by atoms with E-state index in [1.54, 1.807) is 12.3 Å². The Labute approximate surface area is 183 Å². The van der Waals surface area contributed by atoms with Crippen molar-refractivity contribution in [3.63, 3.8) is 0 Å². The summed E-state index contributed by atoms with van der Waals surface area (Å²) in [6, 6.07) is 12.6. The van der Waals surface area contributed by atoms with Crippen LogP contribution in [0.15, 0.2) is 58.1 Å². The highest BCUT2D eigenvalue weighted by molar-refractivity contribution is 5.79. The molecule has 0 saturated heterocycles. The highest BCUT2D eigenvalue weighted by Gasteiger charge is 2.20. The first kappa shape index (κ1) is 21.4. The van der Waals surface area contributed by atoms with Crippen LogP contribution in [-0.2, 0) is 13.1 Å². The fourth-order valence-corrected chi connectivity index (χ4v) is 3.09. The SMILES string of the molecule is CCNC(=NCc1cc2c(cc1OC(F)F)OCO2)NCc1ncc(-c2ccccc2)o1. The molecule has 0 radical (unpaired) electrons. The highest BCUT2D eigenvalue weighted by atomic mass is 19.3. The molecular formula is C22H22F2N4O4. The molecule has 2 aromatic carbocycles. The fourth-order valence-electron chi connectivity index (χ4n) is 3.09. The molecule has 8 nitrogen and oxygen atoms in total. The highest BCUT2D eigenvalue weighted by Crippen LogP contribution is 2.39. The molecule has 168 valence electrons. The van der Waals surface area contributed by atoms with Crippen molar-refractivity contribution in [2.75, 3.05) is 13.3 Å². The van der Waals surface area contributed by atoms with Gasteiger partial charge in [-0.2, -0.15) is 8.78 Å². The van der Waals surface area contributed by atoms with Crippen molar-refractivity contribution in [3.8, 4) is 28.6 Å². The van der Waals surface area contributed by atoms with Crippen LogP contribution in [0.25, 0.3) is 11.3 Å². The number of benzene rings is 2. The molecule has 0 saturated carbocycles. The zero-order valence-corrected chi connectivity index (χ0v) is 17.3. The average Bonchev–Trinajstić information content (AvgIpc) is 3.45. The van der Waals surface area contributed by atoms with Crippen LogP contribution in [0.1, 0.15) is 18.4 Å². The first-order chi connectivity index (χ1) is 15.6. The van der Waals surface area contributed by atoms with E-state index in [0.29, 0.717) is 47.8 Å². The maximum absolute atomic E-state index is 12.8. The van der Waals surface area contributed by atoms with Crippen LogP contribution in [0.5, 0.6) is 17.2 Å². The molecular weight excluding hydrogens is 422 g/mol. The van der Waals surface area contributed by atoms with Gasteiger partial charge in [-0.3, -0.25) is 0 Å². The minimum absolute atomic E-state index is 0.0101. The van der Waals surface area contributed by atoms with Crippen molar-refractivity contribution in [2.45, 2.75) is 26.6 Å². The number of nitrogens with zero attached hydrogens (tertiary/aromatic N) is 2. The Hall–Kier alpha value is -3.82. The van der Waals surface area contributed by atoms with Gasteiger partial charge in [-0.25, -0.2) is 9.98 Å². The summed E-state index contributed by atoms with van der Waals surface area (Å²) in [5.41, 5.74) is 1.37. The van der Waals surface area contributed by atoms with Gasteiger partial charge in [0.1, 0.15) is 5.75 Å². The maximum atomic E-state index is 12.8. The minimum Gasteiger partial charge on any atom is -0.454 e. The van der Waals surface area contributed by atoms with Gasteiger partial charge >= 0.3 is 6.61 Å². The van der Waals surface area contributed by atoms with E-state index in [-0.39, 0.29) is 19.1 Å². The normalized spacial score (nSPS) is 12.8. The summed E-state index contributed by atoms with van der Waals surface area (Å²) in [5, 5.41) is 6.22. The van der Waals surface area contributed by atoms with Gasteiger partial charge in [0.05, 0.1) is 19.3 Å². The first-order valence-corrected chi connectivity index (χ1v) is 10.0. The number of fused-ring (bicyclic) bond motifs is 1. The van der Waals surface area contributed by atoms with Crippen LogP contribution in [0.2, 0.25) is 0 Å². The quantitative estimate of drug-likeness (QED) is 0.402. The Morgan fingerprint density at radius 1 is 1.16 bits per heavy atom. The van der Waals surface area contributed by atoms with Gasteiger partial charge in [0.25, 0.3) is 0 Å². The van der Waals surface area contributed by atoms with Gasteiger partial charge in [0.2, 0.25) is 12.7 Å². The van der Waals surface area contributed by atoms with Gasteiger partial charge in [0, 0.05) is 23.7 Å². The second kappa shape index (κ2) is 9.99. The fraction of sp³-hybridized carbons (Fsp3) is 0.273. The molecule has 10 heteroatoms.